The molecule has 0 aromatic heterocycles. The lowest BCUT2D eigenvalue weighted by atomic mass is 9.43. The van der Waals surface area contributed by atoms with Gasteiger partial charge in [0.2, 0.25) is 0 Å². The van der Waals surface area contributed by atoms with Crippen molar-refractivity contribution in [3.05, 3.63) is 0 Å². The van der Waals surface area contributed by atoms with Crippen LogP contribution in [0.3, 0.4) is 0 Å². The summed E-state index contributed by atoms with van der Waals surface area (Å²) in [6.45, 7) is 5.55. The SMILES string of the molecule is CC(=O)[C@@]1(O)CC[C@H]2[C@@H]3C(O)C(=O)C4CC(=O)CC[C@]4(C)[C@H]3CC[C@@]21C. The van der Waals surface area contributed by atoms with Gasteiger partial charge in [-0.05, 0) is 62.2 Å². The molecular formula is C21H30O5. The van der Waals surface area contributed by atoms with Crippen LogP contribution >= 0.6 is 0 Å². The second-order valence-corrected chi connectivity index (χ2v) is 9.85. The highest BCUT2D eigenvalue weighted by Crippen LogP contribution is 2.67. The molecule has 0 aliphatic heterocycles. The van der Waals surface area contributed by atoms with Crippen LogP contribution in [-0.4, -0.2) is 39.3 Å². The fourth-order valence-corrected chi connectivity index (χ4v) is 7.41. The molecule has 4 aliphatic rings. The highest BCUT2D eigenvalue weighted by Gasteiger charge is 2.69. The highest BCUT2D eigenvalue weighted by molar-refractivity contribution is 5.93. The summed E-state index contributed by atoms with van der Waals surface area (Å²) >= 11 is 0. The topological polar surface area (TPSA) is 91.7 Å². The summed E-state index contributed by atoms with van der Waals surface area (Å²) < 4.78 is 0. The molecule has 144 valence electrons. The van der Waals surface area contributed by atoms with Gasteiger partial charge in [0.15, 0.2) is 11.6 Å². The van der Waals surface area contributed by atoms with E-state index in [1.807, 2.05) is 6.92 Å². The maximum atomic E-state index is 13.0. The number of carbonyl (C=O) groups is 3. The van der Waals surface area contributed by atoms with E-state index in [0.29, 0.717) is 25.7 Å². The van der Waals surface area contributed by atoms with Gasteiger partial charge in [0, 0.05) is 24.2 Å². The van der Waals surface area contributed by atoms with E-state index in [1.165, 1.54) is 6.92 Å². The van der Waals surface area contributed by atoms with Crippen molar-refractivity contribution in [2.45, 2.75) is 77.4 Å². The summed E-state index contributed by atoms with van der Waals surface area (Å²) in [4.78, 5) is 37.2. The van der Waals surface area contributed by atoms with Crippen molar-refractivity contribution < 1.29 is 24.6 Å². The summed E-state index contributed by atoms with van der Waals surface area (Å²) in [5.41, 5.74) is -2.20. The zero-order valence-corrected chi connectivity index (χ0v) is 16.0. The number of hydrogen-bond acceptors (Lipinski definition) is 5. The Morgan fingerprint density at radius 2 is 1.73 bits per heavy atom. The normalized spacial score (nSPS) is 53.7. The van der Waals surface area contributed by atoms with Gasteiger partial charge in [-0.15, -0.1) is 0 Å². The van der Waals surface area contributed by atoms with Crippen molar-refractivity contribution in [1.82, 2.24) is 0 Å². The molecule has 5 nitrogen and oxygen atoms in total. The van der Waals surface area contributed by atoms with Crippen molar-refractivity contribution >= 4 is 17.3 Å². The molecule has 2 unspecified atom stereocenters. The zero-order valence-electron chi connectivity index (χ0n) is 16.0. The monoisotopic (exact) mass is 362 g/mol. The van der Waals surface area contributed by atoms with E-state index in [1.54, 1.807) is 0 Å². The van der Waals surface area contributed by atoms with E-state index in [9.17, 15) is 24.6 Å². The molecule has 4 fully saturated rings. The van der Waals surface area contributed by atoms with E-state index >= 15 is 0 Å². The first kappa shape index (κ1) is 18.3. The number of aliphatic hydroxyl groups is 2. The van der Waals surface area contributed by atoms with E-state index in [4.69, 9.17) is 0 Å². The van der Waals surface area contributed by atoms with Crippen molar-refractivity contribution in [3.63, 3.8) is 0 Å². The van der Waals surface area contributed by atoms with Gasteiger partial charge in [0.05, 0.1) is 0 Å². The molecule has 0 aromatic carbocycles. The third kappa shape index (κ3) is 2.02. The molecule has 0 heterocycles. The van der Waals surface area contributed by atoms with E-state index in [2.05, 4.69) is 6.92 Å². The summed E-state index contributed by atoms with van der Waals surface area (Å²) in [5.74, 6) is -0.736. The van der Waals surface area contributed by atoms with Crippen LogP contribution in [0.2, 0.25) is 0 Å². The van der Waals surface area contributed by atoms with Gasteiger partial charge in [0.25, 0.3) is 0 Å². The Balaban J connectivity index is 1.76. The molecule has 0 radical (unpaired) electrons. The van der Waals surface area contributed by atoms with Crippen LogP contribution in [0.1, 0.15) is 65.7 Å². The van der Waals surface area contributed by atoms with Crippen LogP contribution < -0.4 is 0 Å². The number of carbonyl (C=O) groups excluding carboxylic acids is 3. The summed E-state index contributed by atoms with van der Waals surface area (Å²) in [6, 6.07) is 0. The summed E-state index contributed by atoms with van der Waals surface area (Å²) in [6.07, 6.45) is 2.99. The molecule has 4 aliphatic carbocycles. The quantitative estimate of drug-likeness (QED) is 0.745. The predicted molar refractivity (Wildman–Crippen MR) is 94.1 cm³/mol. The molecule has 0 amide bonds. The van der Waals surface area contributed by atoms with Gasteiger partial charge in [-0.2, -0.15) is 0 Å². The van der Waals surface area contributed by atoms with Crippen LogP contribution in [0.15, 0.2) is 0 Å². The molecule has 0 bridgehead atoms. The Labute approximate surface area is 154 Å². The molecular weight excluding hydrogens is 332 g/mol. The lowest BCUT2D eigenvalue weighted by molar-refractivity contribution is -0.191. The van der Waals surface area contributed by atoms with E-state index in [-0.39, 0.29) is 52.9 Å². The Kier molecular flexibility index (Phi) is 3.86. The molecule has 0 aromatic rings. The Hall–Kier alpha value is -1.07. The molecule has 4 saturated carbocycles. The highest BCUT2D eigenvalue weighted by atomic mass is 16.3. The number of ketones is 3. The second-order valence-electron chi connectivity index (χ2n) is 9.85. The first-order chi connectivity index (χ1) is 12.1. The minimum Gasteiger partial charge on any atom is -0.385 e. The molecule has 5 heteroatoms. The summed E-state index contributed by atoms with van der Waals surface area (Å²) in [7, 11) is 0. The molecule has 8 atom stereocenters. The Morgan fingerprint density at radius 1 is 1.08 bits per heavy atom. The van der Waals surface area contributed by atoms with Crippen molar-refractivity contribution in [2.75, 3.05) is 0 Å². The van der Waals surface area contributed by atoms with E-state index < -0.39 is 17.1 Å². The van der Waals surface area contributed by atoms with Crippen LogP contribution in [-0.2, 0) is 14.4 Å². The van der Waals surface area contributed by atoms with Crippen molar-refractivity contribution in [1.29, 1.82) is 0 Å². The van der Waals surface area contributed by atoms with Gasteiger partial charge < -0.3 is 10.2 Å². The number of aliphatic hydroxyl groups excluding tert-OH is 1. The lowest BCUT2D eigenvalue weighted by Gasteiger charge is -2.61. The third-order valence-corrected chi connectivity index (χ3v) is 9.08. The molecule has 26 heavy (non-hydrogen) atoms. The van der Waals surface area contributed by atoms with Gasteiger partial charge in [-0.1, -0.05) is 13.8 Å². The average Bonchev–Trinajstić information content (AvgIpc) is 2.87. The molecule has 0 spiro atoms. The average molecular weight is 362 g/mol. The van der Waals surface area contributed by atoms with Gasteiger partial charge in [0.1, 0.15) is 17.5 Å². The van der Waals surface area contributed by atoms with Gasteiger partial charge >= 0.3 is 0 Å². The van der Waals surface area contributed by atoms with Crippen molar-refractivity contribution in [2.24, 2.45) is 34.5 Å². The Morgan fingerprint density at radius 3 is 2.38 bits per heavy atom. The van der Waals surface area contributed by atoms with Crippen LogP contribution in [0.5, 0.6) is 0 Å². The third-order valence-electron chi connectivity index (χ3n) is 9.08. The van der Waals surface area contributed by atoms with Crippen molar-refractivity contribution in [3.8, 4) is 0 Å². The lowest BCUT2D eigenvalue weighted by Crippen LogP contribution is -2.64. The number of rotatable bonds is 1. The van der Waals surface area contributed by atoms with Crippen LogP contribution in [0.4, 0.5) is 0 Å². The Bertz CT molecular complexity index is 686. The zero-order chi connectivity index (χ0) is 19.1. The fourth-order valence-electron chi connectivity index (χ4n) is 7.41. The van der Waals surface area contributed by atoms with Crippen LogP contribution in [0, 0.1) is 34.5 Å². The first-order valence-corrected chi connectivity index (χ1v) is 10.0. The summed E-state index contributed by atoms with van der Waals surface area (Å²) in [5, 5.41) is 22.1. The molecule has 2 N–H and O–H groups in total. The molecule has 0 saturated heterocycles. The first-order valence-electron chi connectivity index (χ1n) is 10.0. The van der Waals surface area contributed by atoms with Crippen LogP contribution in [0.25, 0.3) is 0 Å². The minimum atomic E-state index is -1.36. The minimum absolute atomic E-state index is 0.0375. The standard InChI is InChI=1S/C21H30O5/c1-11(22)21(26)9-6-14-16-13(5-8-20(14,21)3)19(2)7-4-12(23)10-15(19)17(24)18(16)25/h13-16,18,25-26H,4-10H2,1-3H3/t13-,14-,15?,16+,18?,19+,20-,21-/m0/s1. The smallest absolute Gasteiger partial charge is 0.165 e. The predicted octanol–water partition coefficient (Wildman–Crippen LogP) is 2.07. The maximum absolute atomic E-state index is 13.0. The fraction of sp³-hybridized carbons (Fsp3) is 0.857. The number of hydrogen-bond donors (Lipinski definition) is 2. The van der Waals surface area contributed by atoms with Gasteiger partial charge in [-0.25, -0.2) is 0 Å². The number of fused-ring (bicyclic) bond motifs is 5. The number of Topliss-reactive ketones (excluding diaryl/α,β-unsaturated/α-hetero) is 3. The van der Waals surface area contributed by atoms with E-state index in [0.717, 1.165) is 12.8 Å². The maximum Gasteiger partial charge on any atom is 0.165 e. The van der Waals surface area contributed by atoms with Gasteiger partial charge in [-0.3, -0.25) is 14.4 Å². The second kappa shape index (κ2) is 5.48. The molecule has 4 rings (SSSR count). The largest absolute Gasteiger partial charge is 0.385 e.